The molecule has 0 radical (unpaired) electrons. The van der Waals surface area contributed by atoms with Crippen molar-refractivity contribution in [2.24, 2.45) is 11.8 Å². The summed E-state index contributed by atoms with van der Waals surface area (Å²) < 4.78 is 0. The highest BCUT2D eigenvalue weighted by atomic mass is 16.2. The van der Waals surface area contributed by atoms with Gasteiger partial charge in [0.1, 0.15) is 6.04 Å². The highest BCUT2D eigenvalue weighted by Crippen LogP contribution is 2.11. The van der Waals surface area contributed by atoms with E-state index in [4.69, 9.17) is 0 Å². The zero-order valence-electron chi connectivity index (χ0n) is 15.6. The van der Waals surface area contributed by atoms with Crippen molar-refractivity contribution in [1.82, 2.24) is 10.6 Å². The Balaban J connectivity index is 2.70. The van der Waals surface area contributed by atoms with Gasteiger partial charge in [0.2, 0.25) is 5.91 Å². The van der Waals surface area contributed by atoms with E-state index in [1.807, 2.05) is 39.0 Å². The lowest BCUT2D eigenvalue weighted by Crippen LogP contribution is -2.52. The van der Waals surface area contributed by atoms with E-state index in [2.05, 4.69) is 24.5 Å². The van der Waals surface area contributed by atoms with Gasteiger partial charge in [-0.1, -0.05) is 52.3 Å². The molecule has 0 aliphatic rings. The second kappa shape index (κ2) is 10.1. The molecule has 0 aliphatic carbocycles. The second-order valence-corrected chi connectivity index (χ2v) is 7.08. The fourth-order valence-electron chi connectivity index (χ4n) is 2.50. The van der Waals surface area contributed by atoms with Crippen LogP contribution in [-0.2, 0) is 4.79 Å². The summed E-state index contributed by atoms with van der Waals surface area (Å²) in [6.07, 6.45) is 2.85. The normalized spacial score (nSPS) is 14.8. The van der Waals surface area contributed by atoms with Crippen LogP contribution < -0.4 is 10.6 Å². The summed E-state index contributed by atoms with van der Waals surface area (Å²) in [6, 6.07) is 8.62. The molecule has 0 aliphatic heterocycles. The average molecular weight is 332 g/mol. The highest BCUT2D eigenvalue weighted by molar-refractivity contribution is 5.97. The van der Waals surface area contributed by atoms with Crippen molar-refractivity contribution >= 4 is 11.8 Å². The summed E-state index contributed by atoms with van der Waals surface area (Å²) in [6.45, 7) is 10.4. The number of amides is 2. The Labute approximate surface area is 146 Å². The Hall–Kier alpha value is -1.84. The molecule has 3 atom stereocenters. The van der Waals surface area contributed by atoms with Crippen LogP contribution in [0.4, 0.5) is 0 Å². The average Bonchev–Trinajstić information content (AvgIpc) is 2.57. The smallest absolute Gasteiger partial charge is 0.251 e. The molecule has 0 saturated carbocycles. The molecule has 24 heavy (non-hydrogen) atoms. The molecule has 0 fully saturated rings. The Kier molecular flexibility index (Phi) is 8.51. The fourth-order valence-corrected chi connectivity index (χ4v) is 2.50. The van der Waals surface area contributed by atoms with Gasteiger partial charge in [0.15, 0.2) is 0 Å². The van der Waals surface area contributed by atoms with Crippen LogP contribution in [0.25, 0.3) is 0 Å². The highest BCUT2D eigenvalue weighted by Gasteiger charge is 2.27. The molecule has 4 nitrogen and oxygen atoms in total. The van der Waals surface area contributed by atoms with Crippen molar-refractivity contribution in [3.05, 3.63) is 35.9 Å². The topological polar surface area (TPSA) is 58.2 Å². The summed E-state index contributed by atoms with van der Waals surface area (Å²) >= 11 is 0. The fraction of sp³-hybridized carbons (Fsp3) is 0.600. The monoisotopic (exact) mass is 332 g/mol. The lowest BCUT2D eigenvalue weighted by atomic mass is 9.97. The van der Waals surface area contributed by atoms with Gasteiger partial charge in [0.25, 0.3) is 5.91 Å². The molecule has 0 bridgehead atoms. The van der Waals surface area contributed by atoms with Gasteiger partial charge in [-0.15, -0.1) is 0 Å². The summed E-state index contributed by atoms with van der Waals surface area (Å²) in [5.41, 5.74) is 0.575. The quantitative estimate of drug-likeness (QED) is 0.723. The first kappa shape index (κ1) is 20.2. The first-order chi connectivity index (χ1) is 11.3. The maximum atomic E-state index is 12.6. The molecule has 0 saturated heterocycles. The third kappa shape index (κ3) is 6.73. The Morgan fingerprint density at radius 2 is 1.58 bits per heavy atom. The van der Waals surface area contributed by atoms with Crippen LogP contribution >= 0.6 is 0 Å². The molecule has 134 valence electrons. The van der Waals surface area contributed by atoms with Gasteiger partial charge in [-0.25, -0.2) is 0 Å². The van der Waals surface area contributed by atoms with Crippen molar-refractivity contribution in [1.29, 1.82) is 0 Å². The zero-order valence-corrected chi connectivity index (χ0v) is 15.6. The van der Waals surface area contributed by atoms with Crippen LogP contribution in [0.1, 0.15) is 64.2 Å². The summed E-state index contributed by atoms with van der Waals surface area (Å²) in [4.78, 5) is 25.0. The van der Waals surface area contributed by atoms with Crippen LogP contribution in [0.15, 0.2) is 30.3 Å². The van der Waals surface area contributed by atoms with Crippen LogP contribution in [0.5, 0.6) is 0 Å². The Morgan fingerprint density at radius 1 is 0.958 bits per heavy atom. The Morgan fingerprint density at radius 3 is 2.12 bits per heavy atom. The molecule has 0 aromatic heterocycles. The second-order valence-electron chi connectivity index (χ2n) is 7.08. The van der Waals surface area contributed by atoms with E-state index >= 15 is 0 Å². The number of hydrogen-bond acceptors (Lipinski definition) is 2. The first-order valence-electron chi connectivity index (χ1n) is 9.01. The maximum absolute atomic E-state index is 12.6. The van der Waals surface area contributed by atoms with Crippen LogP contribution in [0, 0.1) is 11.8 Å². The SMILES string of the molecule is CC[C@H](C)[C@H](NC(=O)c1ccccc1)C(=O)NC(C)CCC(C)C. The van der Waals surface area contributed by atoms with Crippen LogP contribution in [0.3, 0.4) is 0 Å². The van der Waals surface area contributed by atoms with Crippen molar-refractivity contribution in [3.8, 4) is 0 Å². The molecule has 0 spiro atoms. The first-order valence-corrected chi connectivity index (χ1v) is 9.01. The predicted octanol–water partition coefficient (Wildman–Crippen LogP) is 3.77. The minimum atomic E-state index is -0.510. The molecular weight excluding hydrogens is 300 g/mol. The van der Waals surface area contributed by atoms with Crippen molar-refractivity contribution in [2.75, 3.05) is 0 Å². The Bertz CT molecular complexity index is 514. The number of carbonyl (C=O) groups excluding carboxylic acids is 2. The van der Waals surface area contributed by atoms with Crippen molar-refractivity contribution < 1.29 is 9.59 Å². The maximum Gasteiger partial charge on any atom is 0.251 e. The summed E-state index contributed by atoms with van der Waals surface area (Å²) in [5, 5.41) is 5.96. The van der Waals surface area contributed by atoms with Crippen LogP contribution in [0.2, 0.25) is 0 Å². The van der Waals surface area contributed by atoms with E-state index < -0.39 is 6.04 Å². The van der Waals surface area contributed by atoms with E-state index in [1.54, 1.807) is 12.1 Å². The minimum Gasteiger partial charge on any atom is -0.352 e. The molecule has 4 heteroatoms. The molecule has 2 N–H and O–H groups in total. The molecule has 2 amide bonds. The number of nitrogens with one attached hydrogen (secondary N) is 2. The van der Waals surface area contributed by atoms with E-state index in [1.165, 1.54) is 0 Å². The standard InChI is InChI=1S/C20H32N2O2/c1-6-15(4)18(20(24)21-16(5)13-12-14(2)3)22-19(23)17-10-8-7-9-11-17/h7-11,14-16,18H,6,12-13H2,1-5H3,(H,21,24)(H,22,23)/t15-,16?,18-/m0/s1. The van der Waals surface area contributed by atoms with E-state index in [-0.39, 0.29) is 23.8 Å². The van der Waals surface area contributed by atoms with Crippen molar-refractivity contribution in [2.45, 2.75) is 66.0 Å². The third-order valence-electron chi connectivity index (χ3n) is 4.38. The van der Waals surface area contributed by atoms with Gasteiger partial charge in [0.05, 0.1) is 0 Å². The van der Waals surface area contributed by atoms with Crippen LogP contribution in [-0.4, -0.2) is 23.9 Å². The number of rotatable bonds is 9. The lowest BCUT2D eigenvalue weighted by Gasteiger charge is -2.25. The molecular formula is C20H32N2O2. The van der Waals surface area contributed by atoms with Crippen molar-refractivity contribution in [3.63, 3.8) is 0 Å². The molecule has 1 unspecified atom stereocenters. The zero-order chi connectivity index (χ0) is 18.1. The third-order valence-corrected chi connectivity index (χ3v) is 4.38. The minimum absolute atomic E-state index is 0.0787. The number of hydrogen-bond donors (Lipinski definition) is 2. The van der Waals surface area contributed by atoms with E-state index in [0.29, 0.717) is 11.5 Å². The molecule has 1 aromatic carbocycles. The summed E-state index contributed by atoms with van der Waals surface area (Å²) in [5.74, 6) is 0.401. The lowest BCUT2D eigenvalue weighted by molar-refractivity contribution is -0.124. The van der Waals surface area contributed by atoms with E-state index in [0.717, 1.165) is 19.3 Å². The van der Waals surface area contributed by atoms with Gasteiger partial charge < -0.3 is 10.6 Å². The van der Waals surface area contributed by atoms with Gasteiger partial charge in [-0.3, -0.25) is 9.59 Å². The summed E-state index contributed by atoms with van der Waals surface area (Å²) in [7, 11) is 0. The largest absolute Gasteiger partial charge is 0.352 e. The number of carbonyl (C=O) groups is 2. The molecule has 1 aromatic rings. The van der Waals surface area contributed by atoms with Gasteiger partial charge in [0, 0.05) is 11.6 Å². The molecule has 1 rings (SSSR count). The number of benzene rings is 1. The van der Waals surface area contributed by atoms with E-state index in [9.17, 15) is 9.59 Å². The van der Waals surface area contributed by atoms with Gasteiger partial charge in [-0.05, 0) is 43.7 Å². The van der Waals surface area contributed by atoms with Gasteiger partial charge >= 0.3 is 0 Å². The van der Waals surface area contributed by atoms with Gasteiger partial charge in [-0.2, -0.15) is 0 Å². The predicted molar refractivity (Wildman–Crippen MR) is 98.8 cm³/mol. The molecule has 0 heterocycles.